The number of rotatable bonds is 3. The molecule has 0 atom stereocenters. The van der Waals surface area contributed by atoms with Gasteiger partial charge < -0.3 is 14.4 Å². The quantitative estimate of drug-likeness (QED) is 0.716. The molecule has 1 spiro atoms. The highest BCUT2D eigenvalue weighted by Crippen LogP contribution is 2.51. The van der Waals surface area contributed by atoms with Crippen LogP contribution in [-0.2, 0) is 4.74 Å². The monoisotopic (exact) mass is 396 g/mol. The molecule has 1 aromatic rings. The lowest BCUT2D eigenvalue weighted by atomic mass is 9.62. The van der Waals surface area contributed by atoms with Gasteiger partial charge in [0.1, 0.15) is 16.0 Å². The SMILES string of the molecule is CC(C)(C)OC(=O)N1CCC2(CC(COc3ccc(Br)nc3)C2)C1. The topological polar surface area (TPSA) is 51.7 Å². The van der Waals surface area contributed by atoms with Gasteiger partial charge in [-0.15, -0.1) is 0 Å². The number of likely N-dealkylation sites (tertiary alicyclic amines) is 1. The Morgan fingerprint density at radius 2 is 2.17 bits per heavy atom. The van der Waals surface area contributed by atoms with Crippen LogP contribution in [0.15, 0.2) is 22.9 Å². The third-order valence-corrected chi connectivity index (χ3v) is 5.19. The minimum absolute atomic E-state index is 0.181. The fourth-order valence-electron chi connectivity index (χ4n) is 3.70. The molecular weight excluding hydrogens is 372 g/mol. The van der Waals surface area contributed by atoms with Crippen LogP contribution in [0, 0.1) is 11.3 Å². The van der Waals surface area contributed by atoms with E-state index in [1.165, 1.54) is 0 Å². The van der Waals surface area contributed by atoms with Crippen LogP contribution in [0.4, 0.5) is 4.79 Å². The molecule has 3 rings (SSSR count). The maximum atomic E-state index is 12.2. The number of carbonyl (C=O) groups excluding carboxylic acids is 1. The van der Waals surface area contributed by atoms with E-state index < -0.39 is 5.60 Å². The molecule has 6 heteroatoms. The molecule has 2 fully saturated rings. The molecule has 1 aliphatic carbocycles. The fraction of sp³-hybridized carbons (Fsp3) is 0.667. The Morgan fingerprint density at radius 1 is 1.42 bits per heavy atom. The lowest BCUT2D eigenvalue weighted by Gasteiger charge is -2.45. The maximum Gasteiger partial charge on any atom is 0.410 e. The van der Waals surface area contributed by atoms with E-state index in [9.17, 15) is 4.79 Å². The van der Waals surface area contributed by atoms with Gasteiger partial charge in [-0.25, -0.2) is 9.78 Å². The summed E-state index contributed by atoms with van der Waals surface area (Å²) in [6.45, 7) is 8.06. The number of pyridine rings is 1. The average molecular weight is 397 g/mol. The van der Waals surface area contributed by atoms with Crippen LogP contribution < -0.4 is 4.74 Å². The minimum Gasteiger partial charge on any atom is -0.492 e. The van der Waals surface area contributed by atoms with Crippen molar-refractivity contribution in [2.75, 3.05) is 19.7 Å². The van der Waals surface area contributed by atoms with Crippen LogP contribution in [0.25, 0.3) is 0 Å². The summed E-state index contributed by atoms with van der Waals surface area (Å²) in [5.74, 6) is 1.37. The molecule has 1 aromatic heterocycles. The molecule has 1 amide bonds. The number of carbonyl (C=O) groups is 1. The predicted molar refractivity (Wildman–Crippen MR) is 95.0 cm³/mol. The van der Waals surface area contributed by atoms with Crippen molar-refractivity contribution in [3.63, 3.8) is 0 Å². The molecule has 1 saturated heterocycles. The largest absolute Gasteiger partial charge is 0.492 e. The molecule has 2 aliphatic rings. The lowest BCUT2D eigenvalue weighted by Crippen LogP contribution is -2.43. The highest BCUT2D eigenvalue weighted by atomic mass is 79.9. The van der Waals surface area contributed by atoms with E-state index in [0.717, 1.165) is 49.3 Å². The second kappa shape index (κ2) is 6.54. The maximum absolute atomic E-state index is 12.2. The lowest BCUT2D eigenvalue weighted by molar-refractivity contribution is 0.0107. The first kappa shape index (κ1) is 17.5. The van der Waals surface area contributed by atoms with Gasteiger partial charge in [0.25, 0.3) is 0 Å². The molecule has 132 valence electrons. The van der Waals surface area contributed by atoms with E-state index in [1.54, 1.807) is 6.20 Å². The summed E-state index contributed by atoms with van der Waals surface area (Å²) in [6, 6.07) is 3.80. The molecule has 0 aromatic carbocycles. The van der Waals surface area contributed by atoms with Gasteiger partial charge in [-0.3, -0.25) is 0 Å². The molecule has 2 heterocycles. The summed E-state index contributed by atoms with van der Waals surface area (Å²) in [5.41, 5.74) is -0.148. The normalized spacial score (nSPS) is 26.3. The van der Waals surface area contributed by atoms with Crippen LogP contribution in [0.1, 0.15) is 40.0 Å². The smallest absolute Gasteiger partial charge is 0.410 e. The van der Waals surface area contributed by atoms with Crippen molar-refractivity contribution in [1.29, 1.82) is 0 Å². The Kier molecular flexibility index (Phi) is 4.78. The second-order valence-electron chi connectivity index (χ2n) is 8.05. The van der Waals surface area contributed by atoms with Crippen molar-refractivity contribution >= 4 is 22.0 Å². The van der Waals surface area contributed by atoms with Gasteiger partial charge in [-0.2, -0.15) is 0 Å². The average Bonchev–Trinajstić information content (AvgIpc) is 2.89. The third kappa shape index (κ3) is 4.21. The molecule has 0 unspecified atom stereocenters. The Morgan fingerprint density at radius 3 is 2.79 bits per heavy atom. The number of aromatic nitrogens is 1. The molecular formula is C18H25BrN2O3. The highest BCUT2D eigenvalue weighted by Gasteiger charge is 2.50. The first-order chi connectivity index (χ1) is 11.2. The molecule has 1 saturated carbocycles. The van der Waals surface area contributed by atoms with Gasteiger partial charge in [0.2, 0.25) is 0 Å². The number of hydrogen-bond acceptors (Lipinski definition) is 4. The number of halogens is 1. The zero-order valence-electron chi connectivity index (χ0n) is 14.5. The van der Waals surface area contributed by atoms with Crippen LogP contribution in [0.5, 0.6) is 5.75 Å². The van der Waals surface area contributed by atoms with Crippen LogP contribution in [-0.4, -0.2) is 41.3 Å². The number of nitrogens with zero attached hydrogens (tertiary/aromatic N) is 2. The van der Waals surface area contributed by atoms with Crippen molar-refractivity contribution in [3.8, 4) is 5.75 Å². The predicted octanol–water partition coefficient (Wildman–Crippen LogP) is 4.26. The van der Waals surface area contributed by atoms with E-state index in [2.05, 4.69) is 20.9 Å². The fourth-order valence-corrected chi connectivity index (χ4v) is 3.93. The van der Waals surface area contributed by atoms with Crippen LogP contribution in [0.2, 0.25) is 0 Å². The van der Waals surface area contributed by atoms with Crippen LogP contribution >= 0.6 is 15.9 Å². The summed E-state index contributed by atoms with van der Waals surface area (Å²) >= 11 is 3.32. The Labute approximate surface area is 151 Å². The van der Waals surface area contributed by atoms with E-state index >= 15 is 0 Å². The van der Waals surface area contributed by atoms with Gasteiger partial charge in [0.05, 0.1) is 12.8 Å². The molecule has 1 aliphatic heterocycles. The molecule has 24 heavy (non-hydrogen) atoms. The van der Waals surface area contributed by atoms with Crippen molar-refractivity contribution in [3.05, 3.63) is 22.9 Å². The Hall–Kier alpha value is -1.30. The number of amides is 1. The van der Waals surface area contributed by atoms with Gasteiger partial charge in [-0.1, -0.05) is 0 Å². The van der Waals surface area contributed by atoms with Crippen molar-refractivity contribution in [2.24, 2.45) is 11.3 Å². The highest BCUT2D eigenvalue weighted by molar-refractivity contribution is 9.10. The van der Waals surface area contributed by atoms with Crippen molar-refractivity contribution < 1.29 is 14.3 Å². The van der Waals surface area contributed by atoms with E-state index in [-0.39, 0.29) is 11.5 Å². The third-order valence-electron chi connectivity index (χ3n) is 4.72. The second-order valence-corrected chi connectivity index (χ2v) is 8.87. The summed E-state index contributed by atoms with van der Waals surface area (Å²) < 4.78 is 12.1. The van der Waals surface area contributed by atoms with Gasteiger partial charge in [0, 0.05) is 13.1 Å². The van der Waals surface area contributed by atoms with E-state index in [4.69, 9.17) is 9.47 Å². The molecule has 0 bridgehead atoms. The number of hydrogen-bond donors (Lipinski definition) is 0. The Balaban J connectivity index is 1.43. The van der Waals surface area contributed by atoms with Crippen molar-refractivity contribution in [2.45, 2.75) is 45.6 Å². The first-order valence-corrected chi connectivity index (χ1v) is 9.26. The number of ether oxygens (including phenoxy) is 2. The summed E-state index contributed by atoms with van der Waals surface area (Å²) in [4.78, 5) is 18.2. The Bertz CT molecular complexity index is 591. The van der Waals surface area contributed by atoms with Gasteiger partial charge >= 0.3 is 6.09 Å². The first-order valence-electron chi connectivity index (χ1n) is 8.47. The van der Waals surface area contributed by atoms with Crippen molar-refractivity contribution in [1.82, 2.24) is 9.88 Å². The minimum atomic E-state index is -0.429. The van der Waals surface area contributed by atoms with Gasteiger partial charge in [0.15, 0.2) is 0 Å². The molecule has 0 radical (unpaired) electrons. The molecule has 0 N–H and O–H groups in total. The van der Waals surface area contributed by atoms with E-state index in [1.807, 2.05) is 37.8 Å². The summed E-state index contributed by atoms with van der Waals surface area (Å²) in [6.07, 6.45) is 4.87. The van der Waals surface area contributed by atoms with Crippen LogP contribution in [0.3, 0.4) is 0 Å². The summed E-state index contributed by atoms with van der Waals surface area (Å²) in [5, 5.41) is 0. The van der Waals surface area contributed by atoms with E-state index in [0.29, 0.717) is 5.92 Å². The van der Waals surface area contributed by atoms with Gasteiger partial charge in [-0.05, 0) is 79.4 Å². The standard InChI is InChI=1S/C18H25BrN2O3/c1-17(2,3)24-16(22)21-7-6-18(12-21)8-13(9-18)11-23-14-4-5-15(19)20-10-14/h4-5,10,13H,6-9,11-12H2,1-3H3. The summed E-state index contributed by atoms with van der Waals surface area (Å²) in [7, 11) is 0. The zero-order chi connectivity index (χ0) is 17.4. The zero-order valence-corrected chi connectivity index (χ0v) is 16.1. The molecule has 5 nitrogen and oxygen atoms in total.